The first-order chi connectivity index (χ1) is 13.0. The molecule has 0 spiro atoms. The predicted molar refractivity (Wildman–Crippen MR) is 99.5 cm³/mol. The van der Waals surface area contributed by atoms with Gasteiger partial charge in [0.15, 0.2) is 0 Å². The molecule has 27 heavy (non-hydrogen) atoms. The number of aromatic amines is 1. The molecule has 0 aromatic carbocycles. The lowest BCUT2D eigenvalue weighted by molar-refractivity contribution is -0.111. The molecule has 1 saturated carbocycles. The quantitative estimate of drug-likeness (QED) is 0.795. The lowest BCUT2D eigenvalue weighted by atomic mass is 9.84. The number of nitrogens with one attached hydrogen (secondary N) is 1. The van der Waals surface area contributed by atoms with E-state index in [0.29, 0.717) is 32.2 Å². The van der Waals surface area contributed by atoms with E-state index in [0.717, 1.165) is 28.3 Å². The summed E-state index contributed by atoms with van der Waals surface area (Å²) in [6, 6.07) is 0. The van der Waals surface area contributed by atoms with Crippen LogP contribution in [0.3, 0.4) is 0 Å². The fourth-order valence-electron chi connectivity index (χ4n) is 3.90. The summed E-state index contributed by atoms with van der Waals surface area (Å²) in [5.41, 5.74) is 1.30. The number of halogens is 1. The molecule has 1 N–H and O–H groups in total. The highest BCUT2D eigenvalue weighted by atomic mass is 79.9. The molecule has 3 fully saturated rings. The average molecular weight is 437 g/mol. The number of rotatable bonds is 3. The first-order valence-corrected chi connectivity index (χ1v) is 10.0. The number of fused-ring (bicyclic) bond motifs is 3. The van der Waals surface area contributed by atoms with Crippen molar-refractivity contribution in [3.05, 3.63) is 17.0 Å². The zero-order valence-electron chi connectivity index (χ0n) is 15.0. The first-order valence-electron chi connectivity index (χ1n) is 9.22. The normalized spacial score (nSPS) is 28.8. The Morgan fingerprint density at radius 3 is 2.78 bits per heavy atom. The van der Waals surface area contributed by atoms with E-state index in [4.69, 9.17) is 14.2 Å². The summed E-state index contributed by atoms with van der Waals surface area (Å²) in [4.78, 5) is 26.1. The third-order valence-corrected chi connectivity index (χ3v) is 6.28. The Labute approximate surface area is 164 Å². The Hall–Kier alpha value is -1.87. The number of hydrogen-bond donors (Lipinski definition) is 1. The molecule has 0 radical (unpaired) electrons. The third kappa shape index (κ3) is 3.16. The number of amides is 1. The topological polar surface area (TPSA) is 89.6 Å². The van der Waals surface area contributed by atoms with Crippen molar-refractivity contribution in [2.24, 2.45) is 11.8 Å². The highest BCUT2D eigenvalue weighted by Gasteiger charge is 2.47. The molecule has 2 atom stereocenters. The lowest BCUT2D eigenvalue weighted by Crippen LogP contribution is -2.59. The minimum Gasteiger partial charge on any atom is -0.472 e. The van der Waals surface area contributed by atoms with Gasteiger partial charge in [0.25, 0.3) is 0 Å². The van der Waals surface area contributed by atoms with Crippen molar-refractivity contribution in [2.75, 3.05) is 26.3 Å². The van der Waals surface area contributed by atoms with Crippen molar-refractivity contribution in [2.45, 2.75) is 31.5 Å². The minimum atomic E-state index is -0.260. The van der Waals surface area contributed by atoms with E-state index in [2.05, 4.69) is 30.9 Å². The average Bonchev–Trinajstić information content (AvgIpc) is 3.23. The summed E-state index contributed by atoms with van der Waals surface area (Å²) in [6.07, 6.45) is 4.95. The fourth-order valence-corrected chi connectivity index (χ4v) is 4.31. The summed E-state index contributed by atoms with van der Waals surface area (Å²) in [6.45, 7) is 4.24. The number of carbonyl (C=O) groups is 1. The van der Waals surface area contributed by atoms with Gasteiger partial charge in [-0.25, -0.2) is 9.78 Å². The van der Waals surface area contributed by atoms with Crippen LogP contribution in [0.5, 0.6) is 5.88 Å². The van der Waals surface area contributed by atoms with Gasteiger partial charge >= 0.3 is 6.09 Å². The maximum absolute atomic E-state index is 12.5. The zero-order valence-corrected chi connectivity index (χ0v) is 16.6. The number of likely N-dealkylation sites (tertiary alicyclic amines) is 1. The second-order valence-corrected chi connectivity index (χ2v) is 8.76. The van der Waals surface area contributed by atoms with Gasteiger partial charge in [-0.2, -0.15) is 4.98 Å². The number of nitrogens with zero attached hydrogens (tertiary/aromatic N) is 3. The number of carbonyl (C=O) groups excluding carboxylic acids is 1. The van der Waals surface area contributed by atoms with Crippen molar-refractivity contribution in [3.8, 4) is 5.88 Å². The van der Waals surface area contributed by atoms with Gasteiger partial charge in [-0.05, 0) is 35.7 Å². The lowest BCUT2D eigenvalue weighted by Gasteiger charge is -2.46. The number of ether oxygens (including phenoxy) is 3. The monoisotopic (exact) mass is 436 g/mol. The summed E-state index contributed by atoms with van der Waals surface area (Å²) >= 11 is 3.47. The van der Waals surface area contributed by atoms with E-state index in [9.17, 15) is 4.79 Å². The Morgan fingerprint density at radius 1 is 1.33 bits per heavy atom. The van der Waals surface area contributed by atoms with Crippen LogP contribution in [0.2, 0.25) is 0 Å². The molecule has 4 heterocycles. The van der Waals surface area contributed by atoms with Crippen molar-refractivity contribution in [1.82, 2.24) is 19.9 Å². The molecular weight excluding hydrogens is 416 g/mol. The highest BCUT2D eigenvalue weighted by molar-refractivity contribution is 9.10. The number of aromatic nitrogens is 3. The van der Waals surface area contributed by atoms with Crippen LogP contribution in [0.1, 0.15) is 19.8 Å². The molecule has 9 heteroatoms. The fraction of sp³-hybridized carbons (Fsp3) is 0.611. The molecule has 2 saturated heterocycles. The summed E-state index contributed by atoms with van der Waals surface area (Å²) in [5, 5.41) is 0. The van der Waals surface area contributed by atoms with E-state index < -0.39 is 0 Å². The smallest absolute Gasteiger partial charge is 0.410 e. The van der Waals surface area contributed by atoms with Gasteiger partial charge in [-0.3, -0.25) is 0 Å². The molecule has 1 amide bonds. The van der Waals surface area contributed by atoms with E-state index in [1.165, 1.54) is 6.33 Å². The number of hydrogen-bond acceptors (Lipinski definition) is 6. The van der Waals surface area contributed by atoms with Crippen LogP contribution >= 0.6 is 15.9 Å². The molecule has 3 aliphatic rings. The van der Waals surface area contributed by atoms with Gasteiger partial charge in [0.05, 0.1) is 17.7 Å². The molecule has 8 nitrogen and oxygen atoms in total. The van der Waals surface area contributed by atoms with Crippen molar-refractivity contribution < 1.29 is 19.0 Å². The Balaban J connectivity index is 1.34. The van der Waals surface area contributed by atoms with E-state index in [1.807, 2.05) is 18.0 Å². The summed E-state index contributed by atoms with van der Waals surface area (Å²) in [7, 11) is 0. The molecule has 2 aliphatic heterocycles. The minimum absolute atomic E-state index is 0.0560. The third-order valence-electron chi connectivity index (χ3n) is 5.68. The molecule has 2 unspecified atom stereocenters. The van der Waals surface area contributed by atoms with Gasteiger partial charge in [-0.15, -0.1) is 0 Å². The van der Waals surface area contributed by atoms with E-state index in [1.54, 1.807) is 0 Å². The summed E-state index contributed by atoms with van der Waals surface area (Å²) in [5.74, 6) is 0.704. The molecule has 5 rings (SSSR count). The molecule has 1 aliphatic carbocycles. The Morgan fingerprint density at radius 2 is 2.07 bits per heavy atom. The maximum Gasteiger partial charge on any atom is 0.410 e. The number of H-pyrrole nitrogens is 1. The first kappa shape index (κ1) is 17.2. The Bertz CT molecular complexity index is 869. The van der Waals surface area contributed by atoms with Gasteiger partial charge in [-0.1, -0.05) is 0 Å². The van der Waals surface area contributed by atoms with Crippen LogP contribution in [-0.4, -0.2) is 64.0 Å². The molecular formula is C18H21BrN4O4. The predicted octanol–water partition coefficient (Wildman–Crippen LogP) is 2.74. The van der Waals surface area contributed by atoms with Gasteiger partial charge in [0.2, 0.25) is 5.88 Å². The molecule has 2 bridgehead atoms. The van der Waals surface area contributed by atoms with E-state index >= 15 is 0 Å². The van der Waals surface area contributed by atoms with Crippen LogP contribution in [0.4, 0.5) is 4.79 Å². The van der Waals surface area contributed by atoms with Crippen LogP contribution in [0.25, 0.3) is 11.0 Å². The van der Waals surface area contributed by atoms with Crippen LogP contribution in [0.15, 0.2) is 17.0 Å². The van der Waals surface area contributed by atoms with E-state index in [-0.39, 0.29) is 29.6 Å². The summed E-state index contributed by atoms with van der Waals surface area (Å²) < 4.78 is 18.6. The van der Waals surface area contributed by atoms with Crippen LogP contribution in [-0.2, 0) is 9.47 Å². The van der Waals surface area contributed by atoms with Crippen molar-refractivity contribution >= 4 is 33.1 Å². The van der Waals surface area contributed by atoms with Crippen molar-refractivity contribution in [3.63, 3.8) is 0 Å². The molecule has 2 aromatic rings. The SMILES string of the molecule is CC1(OC(=O)N2CC3COCC(C2)C3Oc2ncnc3c(Br)c[nH]c23)CC1. The number of piperidine rings is 1. The van der Waals surface area contributed by atoms with Crippen LogP contribution < -0.4 is 4.74 Å². The highest BCUT2D eigenvalue weighted by Crippen LogP contribution is 2.40. The van der Waals surface area contributed by atoms with Crippen molar-refractivity contribution in [1.29, 1.82) is 0 Å². The van der Waals surface area contributed by atoms with Gasteiger partial charge in [0, 0.05) is 31.1 Å². The Kier molecular flexibility index (Phi) is 4.05. The zero-order chi connectivity index (χ0) is 18.6. The molecule has 2 aromatic heterocycles. The largest absolute Gasteiger partial charge is 0.472 e. The van der Waals surface area contributed by atoms with Gasteiger partial charge in [0.1, 0.15) is 29.1 Å². The van der Waals surface area contributed by atoms with Gasteiger partial charge < -0.3 is 24.1 Å². The van der Waals surface area contributed by atoms with Crippen LogP contribution in [0, 0.1) is 11.8 Å². The molecule has 144 valence electrons. The second-order valence-electron chi connectivity index (χ2n) is 7.90. The maximum atomic E-state index is 12.5. The standard InChI is InChI=1S/C18H21BrN4O4/c1-18(2-3-18)27-17(24)23-5-10-7-25-8-11(6-23)15(10)26-16-14-13(21-9-22-16)12(19)4-20-14/h4,9-11,15,20H,2-3,5-8H2,1H3. The second kappa shape index (κ2) is 6.34.